The lowest BCUT2D eigenvalue weighted by Crippen LogP contribution is -2.57. The predicted molar refractivity (Wildman–Crippen MR) is 95.3 cm³/mol. The first-order valence-electron chi connectivity index (χ1n) is 9.76. The number of carbonyl (C=O) groups is 2. The fourth-order valence-electron chi connectivity index (χ4n) is 3.94. The van der Waals surface area contributed by atoms with Crippen LogP contribution in [0.2, 0.25) is 0 Å². The fourth-order valence-corrected chi connectivity index (χ4v) is 3.94. The van der Waals surface area contributed by atoms with E-state index in [2.05, 4.69) is 9.80 Å². The minimum atomic E-state index is -0.0744. The second-order valence-corrected chi connectivity index (χ2v) is 7.37. The van der Waals surface area contributed by atoms with Gasteiger partial charge in [-0.1, -0.05) is 0 Å². The number of hydrogen-bond acceptors (Lipinski definition) is 5. The zero-order valence-corrected chi connectivity index (χ0v) is 15.5. The van der Waals surface area contributed by atoms with Gasteiger partial charge in [0.1, 0.15) is 0 Å². The van der Waals surface area contributed by atoms with Crippen LogP contribution in [0.4, 0.5) is 0 Å². The standard InChI is InChI=1S/C18H32N4O3/c1-16(18(24)22-5-3-2-4-6-22)20-7-9-21(10-8-20)17(23)15-19-11-13-25-14-12-19/h16H,2-15H2,1H3. The van der Waals surface area contributed by atoms with Gasteiger partial charge in [0.15, 0.2) is 0 Å². The van der Waals surface area contributed by atoms with Gasteiger partial charge in [-0.05, 0) is 26.2 Å². The number of piperidine rings is 1. The van der Waals surface area contributed by atoms with E-state index >= 15 is 0 Å². The molecule has 1 atom stereocenters. The van der Waals surface area contributed by atoms with Crippen molar-refractivity contribution in [2.45, 2.75) is 32.2 Å². The maximum Gasteiger partial charge on any atom is 0.239 e. The van der Waals surface area contributed by atoms with Crippen LogP contribution in [0.5, 0.6) is 0 Å². The van der Waals surface area contributed by atoms with Crippen molar-refractivity contribution in [3.05, 3.63) is 0 Å². The summed E-state index contributed by atoms with van der Waals surface area (Å²) in [6.45, 7) is 10.5. The highest BCUT2D eigenvalue weighted by atomic mass is 16.5. The van der Waals surface area contributed by atoms with Crippen molar-refractivity contribution in [3.8, 4) is 0 Å². The van der Waals surface area contributed by atoms with E-state index < -0.39 is 0 Å². The highest BCUT2D eigenvalue weighted by Crippen LogP contribution is 2.14. The Labute approximate surface area is 150 Å². The second-order valence-electron chi connectivity index (χ2n) is 7.37. The van der Waals surface area contributed by atoms with E-state index in [9.17, 15) is 9.59 Å². The van der Waals surface area contributed by atoms with Gasteiger partial charge in [-0.25, -0.2) is 0 Å². The van der Waals surface area contributed by atoms with Crippen LogP contribution < -0.4 is 0 Å². The molecule has 0 aromatic heterocycles. The molecule has 3 aliphatic heterocycles. The molecule has 0 aromatic carbocycles. The Morgan fingerprint density at radius 3 is 2.12 bits per heavy atom. The Hall–Kier alpha value is -1.18. The van der Waals surface area contributed by atoms with Gasteiger partial charge in [-0.3, -0.25) is 19.4 Å². The van der Waals surface area contributed by atoms with Crippen molar-refractivity contribution in [3.63, 3.8) is 0 Å². The Kier molecular flexibility index (Phi) is 6.67. The topological polar surface area (TPSA) is 56.3 Å². The summed E-state index contributed by atoms with van der Waals surface area (Å²) in [6, 6.07) is -0.0744. The number of carbonyl (C=O) groups excluding carboxylic acids is 2. The van der Waals surface area contributed by atoms with E-state index in [1.165, 1.54) is 6.42 Å². The molecule has 3 heterocycles. The van der Waals surface area contributed by atoms with Crippen molar-refractivity contribution in [2.75, 3.05) is 72.1 Å². The van der Waals surface area contributed by atoms with Crippen LogP contribution in [-0.4, -0.2) is 110 Å². The maximum atomic E-state index is 12.7. The summed E-state index contributed by atoms with van der Waals surface area (Å²) in [7, 11) is 0. The van der Waals surface area contributed by atoms with Crippen LogP contribution >= 0.6 is 0 Å². The van der Waals surface area contributed by atoms with Crippen molar-refractivity contribution in [2.24, 2.45) is 0 Å². The summed E-state index contributed by atoms with van der Waals surface area (Å²) >= 11 is 0. The molecule has 0 aromatic rings. The molecule has 25 heavy (non-hydrogen) atoms. The first kappa shape index (κ1) is 18.6. The molecule has 0 aliphatic carbocycles. The molecule has 0 radical (unpaired) electrons. The third-order valence-corrected chi connectivity index (χ3v) is 5.70. The van der Waals surface area contributed by atoms with Gasteiger partial charge >= 0.3 is 0 Å². The number of rotatable bonds is 4. The molecule has 3 saturated heterocycles. The van der Waals surface area contributed by atoms with Crippen LogP contribution in [0.1, 0.15) is 26.2 Å². The first-order valence-corrected chi connectivity index (χ1v) is 9.76. The molecule has 0 spiro atoms. The average molecular weight is 352 g/mol. The largest absolute Gasteiger partial charge is 0.379 e. The smallest absolute Gasteiger partial charge is 0.239 e. The van der Waals surface area contributed by atoms with E-state index in [4.69, 9.17) is 4.74 Å². The maximum absolute atomic E-state index is 12.7. The fraction of sp³-hybridized carbons (Fsp3) is 0.889. The first-order chi connectivity index (χ1) is 12.1. The van der Waals surface area contributed by atoms with Crippen LogP contribution in [0, 0.1) is 0 Å². The van der Waals surface area contributed by atoms with Crippen LogP contribution in [0.25, 0.3) is 0 Å². The van der Waals surface area contributed by atoms with E-state index in [-0.39, 0.29) is 17.9 Å². The van der Waals surface area contributed by atoms with Gasteiger partial charge in [0.2, 0.25) is 11.8 Å². The van der Waals surface area contributed by atoms with E-state index in [1.807, 2.05) is 16.7 Å². The highest BCUT2D eigenvalue weighted by Gasteiger charge is 2.30. The number of nitrogens with zero attached hydrogens (tertiary/aromatic N) is 4. The van der Waals surface area contributed by atoms with Crippen LogP contribution in [-0.2, 0) is 14.3 Å². The minimum absolute atomic E-state index is 0.0744. The van der Waals surface area contributed by atoms with E-state index in [0.717, 1.165) is 78.4 Å². The lowest BCUT2D eigenvalue weighted by Gasteiger charge is -2.40. The zero-order chi connectivity index (χ0) is 17.6. The summed E-state index contributed by atoms with van der Waals surface area (Å²) in [4.78, 5) is 33.5. The van der Waals surface area contributed by atoms with Gasteiger partial charge in [0, 0.05) is 52.4 Å². The third kappa shape index (κ3) is 4.92. The molecule has 0 bridgehead atoms. The molecule has 0 saturated carbocycles. The molecule has 142 valence electrons. The second kappa shape index (κ2) is 8.96. The Morgan fingerprint density at radius 1 is 0.840 bits per heavy atom. The molecule has 7 nitrogen and oxygen atoms in total. The SMILES string of the molecule is CC(C(=O)N1CCCCC1)N1CCN(C(=O)CN2CCOCC2)CC1. The quantitative estimate of drug-likeness (QED) is 0.705. The molecule has 0 N–H and O–H groups in total. The minimum Gasteiger partial charge on any atom is -0.379 e. The number of ether oxygens (including phenoxy) is 1. The molecule has 7 heteroatoms. The van der Waals surface area contributed by atoms with Gasteiger partial charge in [-0.15, -0.1) is 0 Å². The van der Waals surface area contributed by atoms with Gasteiger partial charge in [0.25, 0.3) is 0 Å². The van der Waals surface area contributed by atoms with Crippen LogP contribution in [0.3, 0.4) is 0 Å². The number of hydrogen-bond donors (Lipinski definition) is 0. The summed E-state index contributed by atoms with van der Waals surface area (Å²) in [5.74, 6) is 0.462. The third-order valence-electron chi connectivity index (χ3n) is 5.70. The lowest BCUT2D eigenvalue weighted by atomic mass is 10.1. The molecule has 3 rings (SSSR count). The summed E-state index contributed by atoms with van der Waals surface area (Å²) in [5.41, 5.74) is 0. The number of likely N-dealkylation sites (tertiary alicyclic amines) is 1. The van der Waals surface area contributed by atoms with Gasteiger partial charge in [-0.2, -0.15) is 0 Å². The van der Waals surface area contributed by atoms with Crippen molar-refractivity contribution in [1.82, 2.24) is 19.6 Å². The zero-order valence-electron chi connectivity index (χ0n) is 15.5. The normalized spacial score (nSPS) is 25.0. The highest BCUT2D eigenvalue weighted by molar-refractivity contribution is 5.82. The number of amides is 2. The summed E-state index contributed by atoms with van der Waals surface area (Å²) in [5, 5.41) is 0. The van der Waals surface area contributed by atoms with Crippen molar-refractivity contribution >= 4 is 11.8 Å². The Morgan fingerprint density at radius 2 is 1.48 bits per heavy atom. The summed E-state index contributed by atoms with van der Waals surface area (Å²) in [6.07, 6.45) is 3.49. The Balaban J connectivity index is 1.42. The molecular weight excluding hydrogens is 320 g/mol. The van der Waals surface area contributed by atoms with Crippen molar-refractivity contribution < 1.29 is 14.3 Å². The predicted octanol–water partition coefficient (Wildman–Crippen LogP) is -0.136. The molecule has 1 unspecified atom stereocenters. The van der Waals surface area contributed by atoms with E-state index in [0.29, 0.717) is 6.54 Å². The number of morpholine rings is 1. The lowest BCUT2D eigenvalue weighted by molar-refractivity contribution is -0.140. The summed E-state index contributed by atoms with van der Waals surface area (Å²) < 4.78 is 5.33. The molecule has 3 aliphatic rings. The van der Waals surface area contributed by atoms with E-state index in [1.54, 1.807) is 0 Å². The molecular formula is C18H32N4O3. The van der Waals surface area contributed by atoms with Crippen LogP contribution in [0.15, 0.2) is 0 Å². The molecule has 2 amide bonds. The van der Waals surface area contributed by atoms with Gasteiger partial charge in [0.05, 0.1) is 25.8 Å². The Bertz CT molecular complexity index is 453. The monoisotopic (exact) mass is 352 g/mol. The average Bonchev–Trinajstić information content (AvgIpc) is 2.68. The molecule has 3 fully saturated rings. The van der Waals surface area contributed by atoms with Crippen molar-refractivity contribution in [1.29, 1.82) is 0 Å². The van der Waals surface area contributed by atoms with Gasteiger partial charge < -0.3 is 14.5 Å². The number of piperazine rings is 1.